The van der Waals surface area contributed by atoms with E-state index in [0.29, 0.717) is 5.69 Å². The van der Waals surface area contributed by atoms with Crippen molar-refractivity contribution in [2.24, 2.45) is 0 Å². The summed E-state index contributed by atoms with van der Waals surface area (Å²) in [6.07, 6.45) is 2.39. The van der Waals surface area contributed by atoms with Gasteiger partial charge < -0.3 is 4.98 Å². The lowest BCUT2D eigenvalue weighted by Gasteiger charge is -2.05. The fraction of sp³-hybridized carbons (Fsp3) is 0.364. The van der Waals surface area contributed by atoms with E-state index in [0.717, 1.165) is 6.20 Å². The highest BCUT2D eigenvalue weighted by atomic mass is 32.2. The van der Waals surface area contributed by atoms with Crippen LogP contribution in [0.2, 0.25) is 0 Å². The Bertz CT molecular complexity index is 875. The second kappa shape index (κ2) is 5.20. The molecule has 0 spiro atoms. The number of aromatic nitrogens is 4. The second-order valence-corrected chi connectivity index (χ2v) is 6.39. The number of nitrogens with zero attached hydrogens (tertiary/aromatic N) is 2. The van der Waals surface area contributed by atoms with Crippen molar-refractivity contribution in [3.05, 3.63) is 38.9 Å². The van der Waals surface area contributed by atoms with E-state index in [1.807, 2.05) is 18.8 Å². The smallest absolute Gasteiger partial charge is 0.312 e. The molecule has 0 aromatic carbocycles. The van der Waals surface area contributed by atoms with Gasteiger partial charge in [0.1, 0.15) is 10.6 Å². The number of H-pyrrole nitrogens is 2. The molecule has 0 aliphatic rings. The molecular weight excluding hydrogens is 298 g/mol. The van der Waals surface area contributed by atoms with Crippen LogP contribution in [0.3, 0.4) is 0 Å². The highest BCUT2D eigenvalue weighted by Gasteiger charge is 2.22. The molecule has 0 aliphatic carbocycles. The lowest BCUT2D eigenvalue weighted by atomic mass is 10.4. The van der Waals surface area contributed by atoms with Gasteiger partial charge in [-0.3, -0.25) is 19.2 Å². The van der Waals surface area contributed by atoms with Crippen LogP contribution in [0.25, 0.3) is 0 Å². The Morgan fingerprint density at radius 2 is 2.00 bits per heavy atom. The summed E-state index contributed by atoms with van der Waals surface area (Å²) in [6.45, 7) is 5.29. The van der Waals surface area contributed by atoms with E-state index < -0.39 is 21.3 Å². The fourth-order valence-corrected chi connectivity index (χ4v) is 2.91. The highest BCUT2D eigenvalue weighted by Crippen LogP contribution is 2.18. The number of hydrogen-bond donors (Lipinski definition) is 3. The Balaban J connectivity index is 2.43. The molecule has 0 bridgehead atoms. The Labute approximate surface area is 120 Å². The number of aromatic amines is 2. The third kappa shape index (κ3) is 3.05. The molecule has 2 aromatic rings. The van der Waals surface area contributed by atoms with Crippen LogP contribution in [0, 0.1) is 6.92 Å². The maximum Gasteiger partial charge on any atom is 0.325 e. The van der Waals surface area contributed by atoms with Crippen LogP contribution in [0.4, 0.5) is 5.69 Å². The lowest BCUT2D eigenvalue weighted by molar-refractivity contribution is 0.528. The van der Waals surface area contributed by atoms with Gasteiger partial charge in [-0.2, -0.15) is 5.10 Å². The van der Waals surface area contributed by atoms with Crippen molar-refractivity contribution in [1.82, 2.24) is 19.7 Å². The maximum atomic E-state index is 12.3. The van der Waals surface area contributed by atoms with Gasteiger partial charge in [-0.25, -0.2) is 13.2 Å². The van der Waals surface area contributed by atoms with Gasteiger partial charge in [0.05, 0.1) is 5.69 Å². The number of anilines is 1. The molecule has 2 rings (SSSR count). The third-order valence-electron chi connectivity index (χ3n) is 2.75. The average Bonchev–Trinajstić information content (AvgIpc) is 2.76. The Morgan fingerprint density at radius 3 is 2.52 bits per heavy atom. The summed E-state index contributed by atoms with van der Waals surface area (Å²) in [4.78, 5) is 26.5. The number of rotatable bonds is 4. The van der Waals surface area contributed by atoms with E-state index >= 15 is 0 Å². The minimum Gasteiger partial charge on any atom is -0.312 e. The second-order valence-electron chi connectivity index (χ2n) is 4.74. The first kappa shape index (κ1) is 15.0. The molecule has 0 atom stereocenters. The summed E-state index contributed by atoms with van der Waals surface area (Å²) in [7, 11) is -3.97. The van der Waals surface area contributed by atoms with Gasteiger partial charge in [0.25, 0.3) is 15.6 Å². The van der Waals surface area contributed by atoms with Crippen molar-refractivity contribution in [2.75, 3.05) is 4.72 Å². The van der Waals surface area contributed by atoms with Crippen molar-refractivity contribution < 1.29 is 8.42 Å². The van der Waals surface area contributed by atoms with Crippen LogP contribution in [0.1, 0.15) is 25.6 Å². The molecule has 114 valence electrons. The van der Waals surface area contributed by atoms with E-state index in [-0.39, 0.29) is 16.6 Å². The molecule has 0 saturated carbocycles. The zero-order valence-electron chi connectivity index (χ0n) is 11.7. The first-order chi connectivity index (χ1) is 9.70. The molecule has 0 aliphatic heterocycles. The normalized spacial score (nSPS) is 11.8. The van der Waals surface area contributed by atoms with Gasteiger partial charge in [0, 0.05) is 18.4 Å². The molecule has 0 saturated heterocycles. The van der Waals surface area contributed by atoms with Crippen LogP contribution >= 0.6 is 0 Å². The Kier molecular flexibility index (Phi) is 3.73. The summed E-state index contributed by atoms with van der Waals surface area (Å²) in [6, 6.07) is 0.00383. The molecule has 0 unspecified atom stereocenters. The molecule has 0 radical (unpaired) electrons. The summed E-state index contributed by atoms with van der Waals surface area (Å²) >= 11 is 0. The van der Waals surface area contributed by atoms with Crippen LogP contribution in [0.5, 0.6) is 0 Å². The number of hydrogen-bond acceptors (Lipinski definition) is 5. The van der Waals surface area contributed by atoms with E-state index in [4.69, 9.17) is 0 Å². The van der Waals surface area contributed by atoms with Crippen LogP contribution in [-0.2, 0) is 10.0 Å². The van der Waals surface area contributed by atoms with Crippen molar-refractivity contribution in [3.63, 3.8) is 0 Å². The zero-order valence-corrected chi connectivity index (χ0v) is 12.5. The molecule has 2 aromatic heterocycles. The molecule has 21 heavy (non-hydrogen) atoms. The molecule has 2 heterocycles. The Morgan fingerprint density at radius 1 is 1.33 bits per heavy atom. The topological polar surface area (TPSA) is 130 Å². The number of nitrogens with one attached hydrogen (secondary N) is 3. The first-order valence-corrected chi connectivity index (χ1v) is 7.59. The first-order valence-electron chi connectivity index (χ1n) is 6.11. The lowest BCUT2D eigenvalue weighted by Crippen LogP contribution is -2.26. The molecule has 0 amide bonds. The van der Waals surface area contributed by atoms with Gasteiger partial charge in [-0.05, 0) is 20.8 Å². The standard InChI is InChI=1S/C11H15N5O4S/c1-6(2)16-5-9(7(3)14-16)21(19,20)15-8-4-12-11(18)13-10(8)17/h4-6,15H,1-3H3,(H2,12,13,17,18). The van der Waals surface area contributed by atoms with Crippen molar-refractivity contribution in [1.29, 1.82) is 0 Å². The minimum atomic E-state index is -3.97. The summed E-state index contributed by atoms with van der Waals surface area (Å²) in [5.74, 6) is 0. The zero-order chi connectivity index (χ0) is 15.8. The van der Waals surface area contributed by atoms with E-state index in [1.54, 1.807) is 6.92 Å². The van der Waals surface area contributed by atoms with Crippen molar-refractivity contribution >= 4 is 15.7 Å². The number of aryl methyl sites for hydroxylation is 1. The van der Waals surface area contributed by atoms with Crippen LogP contribution in [0.15, 0.2) is 26.9 Å². The third-order valence-corrected chi connectivity index (χ3v) is 4.22. The molecule has 3 N–H and O–H groups in total. The van der Waals surface area contributed by atoms with Crippen LogP contribution < -0.4 is 16.0 Å². The molecule has 9 nitrogen and oxygen atoms in total. The maximum absolute atomic E-state index is 12.3. The molecule has 10 heteroatoms. The van der Waals surface area contributed by atoms with Crippen molar-refractivity contribution in [2.45, 2.75) is 31.7 Å². The largest absolute Gasteiger partial charge is 0.325 e. The number of sulfonamides is 1. The van der Waals surface area contributed by atoms with E-state index in [9.17, 15) is 18.0 Å². The monoisotopic (exact) mass is 313 g/mol. The van der Waals surface area contributed by atoms with Gasteiger partial charge >= 0.3 is 5.69 Å². The highest BCUT2D eigenvalue weighted by molar-refractivity contribution is 7.92. The van der Waals surface area contributed by atoms with Gasteiger partial charge in [-0.1, -0.05) is 0 Å². The van der Waals surface area contributed by atoms with Crippen LogP contribution in [-0.4, -0.2) is 28.2 Å². The predicted molar refractivity (Wildman–Crippen MR) is 75.8 cm³/mol. The predicted octanol–water partition coefficient (Wildman–Crippen LogP) is -0.0502. The summed E-state index contributed by atoms with van der Waals surface area (Å²) < 4.78 is 28.2. The summed E-state index contributed by atoms with van der Waals surface area (Å²) in [5, 5.41) is 4.11. The average molecular weight is 313 g/mol. The summed E-state index contributed by atoms with van der Waals surface area (Å²) in [5.41, 5.74) is -1.49. The fourth-order valence-electron chi connectivity index (χ4n) is 1.68. The van der Waals surface area contributed by atoms with Gasteiger partial charge in [0.2, 0.25) is 0 Å². The molecule has 0 fully saturated rings. The van der Waals surface area contributed by atoms with Gasteiger partial charge in [-0.15, -0.1) is 0 Å². The van der Waals surface area contributed by atoms with Gasteiger partial charge in [0.15, 0.2) is 0 Å². The van der Waals surface area contributed by atoms with E-state index in [1.165, 1.54) is 10.9 Å². The molecular formula is C11H15N5O4S. The van der Waals surface area contributed by atoms with E-state index in [2.05, 4.69) is 14.8 Å². The van der Waals surface area contributed by atoms with Crippen molar-refractivity contribution in [3.8, 4) is 0 Å². The SMILES string of the molecule is Cc1nn(C(C)C)cc1S(=O)(=O)Nc1c[nH]c(=O)[nH]c1=O. The minimum absolute atomic E-state index is 0.00383. The Hall–Kier alpha value is -2.36. The quantitative estimate of drug-likeness (QED) is 0.728.